The molecule has 0 aliphatic carbocycles. The van der Waals surface area contributed by atoms with Gasteiger partial charge in [0, 0.05) is 55.4 Å². The number of carbonyl (C=O) groups excluding carboxylic acids is 2. The zero-order valence-corrected chi connectivity index (χ0v) is 16.0. The molecule has 138 valence electrons. The zero-order valence-electron chi connectivity index (χ0n) is 15.2. The quantitative estimate of drug-likeness (QED) is 0.828. The van der Waals surface area contributed by atoms with E-state index in [0.717, 1.165) is 41.1 Å². The van der Waals surface area contributed by atoms with Crippen molar-refractivity contribution in [2.75, 3.05) is 13.1 Å². The monoisotopic (exact) mass is 372 g/mol. The molecule has 1 saturated heterocycles. The number of rotatable bonds is 4. The Morgan fingerprint density at radius 1 is 1.23 bits per heavy atom. The van der Waals surface area contributed by atoms with Gasteiger partial charge in [0.2, 0.25) is 5.91 Å². The summed E-state index contributed by atoms with van der Waals surface area (Å²) >= 11 is 1.54. The molecule has 0 saturated carbocycles. The summed E-state index contributed by atoms with van der Waals surface area (Å²) in [6.07, 6.45) is 7.58. The van der Waals surface area contributed by atoms with Gasteiger partial charge in [-0.1, -0.05) is 0 Å². The van der Waals surface area contributed by atoms with Gasteiger partial charge >= 0.3 is 0 Å². The minimum Gasteiger partial charge on any atom is -0.338 e. The maximum absolute atomic E-state index is 12.7. The third-order valence-corrected chi connectivity index (χ3v) is 5.74. The minimum absolute atomic E-state index is 0.0486. The normalized spacial score (nSPS) is 17.6. The number of hydrogen-bond acceptors (Lipinski definition) is 5. The van der Waals surface area contributed by atoms with Crippen LogP contribution in [0.2, 0.25) is 0 Å². The second kappa shape index (κ2) is 8.40. The van der Waals surface area contributed by atoms with Crippen molar-refractivity contribution in [3.05, 3.63) is 46.2 Å². The molecule has 2 amide bonds. The molecule has 1 fully saturated rings. The molecule has 3 rings (SSSR count). The molecule has 2 aromatic rings. The predicted molar refractivity (Wildman–Crippen MR) is 101 cm³/mol. The SMILES string of the molecule is CC(=O)N(Cc1cncnc1)[C@H]1CCCN(C(=O)c2ccc(C)s2)CC1. The molecule has 0 bridgehead atoms. The van der Waals surface area contributed by atoms with Gasteiger partial charge in [-0.2, -0.15) is 0 Å². The fourth-order valence-corrected chi connectivity index (χ4v) is 4.24. The van der Waals surface area contributed by atoms with Crippen LogP contribution in [-0.2, 0) is 11.3 Å². The van der Waals surface area contributed by atoms with Crippen molar-refractivity contribution in [1.82, 2.24) is 19.8 Å². The third-order valence-electron chi connectivity index (χ3n) is 4.75. The second-order valence-electron chi connectivity index (χ2n) is 6.68. The molecule has 0 radical (unpaired) electrons. The van der Waals surface area contributed by atoms with Gasteiger partial charge in [-0.05, 0) is 38.3 Å². The standard InChI is InChI=1S/C19H24N4O2S/c1-14-5-6-18(26-14)19(25)22-8-3-4-17(7-9-22)23(15(2)24)12-16-10-20-13-21-11-16/h5-6,10-11,13,17H,3-4,7-9,12H2,1-2H3/t17-/m0/s1. The molecule has 6 nitrogen and oxygen atoms in total. The van der Waals surface area contributed by atoms with Crippen LogP contribution < -0.4 is 0 Å². The highest BCUT2D eigenvalue weighted by Crippen LogP contribution is 2.23. The van der Waals surface area contributed by atoms with E-state index in [0.29, 0.717) is 13.1 Å². The zero-order chi connectivity index (χ0) is 18.5. The highest BCUT2D eigenvalue weighted by atomic mass is 32.1. The number of likely N-dealkylation sites (tertiary alicyclic amines) is 1. The van der Waals surface area contributed by atoms with Crippen molar-refractivity contribution in [3.63, 3.8) is 0 Å². The maximum Gasteiger partial charge on any atom is 0.263 e. The van der Waals surface area contributed by atoms with Gasteiger partial charge in [0.15, 0.2) is 0 Å². The maximum atomic E-state index is 12.7. The Bertz CT molecular complexity index is 762. The first-order valence-corrected chi connectivity index (χ1v) is 9.73. The van der Waals surface area contributed by atoms with Crippen molar-refractivity contribution in [1.29, 1.82) is 0 Å². The van der Waals surface area contributed by atoms with E-state index in [9.17, 15) is 9.59 Å². The van der Waals surface area contributed by atoms with Gasteiger partial charge < -0.3 is 9.80 Å². The predicted octanol–water partition coefficient (Wildman–Crippen LogP) is 2.89. The van der Waals surface area contributed by atoms with Gasteiger partial charge in [-0.3, -0.25) is 9.59 Å². The summed E-state index contributed by atoms with van der Waals surface area (Å²) in [7, 11) is 0. The molecule has 0 N–H and O–H groups in total. The van der Waals surface area contributed by atoms with E-state index in [2.05, 4.69) is 9.97 Å². The van der Waals surface area contributed by atoms with Crippen LogP contribution in [0, 0.1) is 6.92 Å². The van der Waals surface area contributed by atoms with Crippen molar-refractivity contribution < 1.29 is 9.59 Å². The van der Waals surface area contributed by atoms with Crippen LogP contribution in [0.25, 0.3) is 0 Å². The largest absolute Gasteiger partial charge is 0.338 e. The number of amides is 2. The summed E-state index contributed by atoms with van der Waals surface area (Å²) in [5.41, 5.74) is 0.925. The summed E-state index contributed by atoms with van der Waals surface area (Å²) in [4.78, 5) is 38.7. The lowest BCUT2D eigenvalue weighted by Gasteiger charge is -2.30. The van der Waals surface area contributed by atoms with Gasteiger partial charge in [0.05, 0.1) is 4.88 Å². The molecule has 3 heterocycles. The van der Waals surface area contributed by atoms with E-state index >= 15 is 0 Å². The van der Waals surface area contributed by atoms with Crippen molar-refractivity contribution in [2.24, 2.45) is 0 Å². The molecule has 1 aliphatic heterocycles. The molecule has 1 aliphatic rings. The Kier molecular flexibility index (Phi) is 5.98. The van der Waals surface area contributed by atoms with Crippen LogP contribution in [0.5, 0.6) is 0 Å². The Morgan fingerprint density at radius 2 is 2.00 bits per heavy atom. The van der Waals surface area contributed by atoms with E-state index in [-0.39, 0.29) is 17.9 Å². The number of nitrogens with zero attached hydrogens (tertiary/aromatic N) is 4. The summed E-state index contributed by atoms with van der Waals surface area (Å²) in [5.74, 6) is 0.155. The second-order valence-corrected chi connectivity index (χ2v) is 7.97. The number of hydrogen-bond donors (Lipinski definition) is 0. The average Bonchev–Trinajstić information content (AvgIpc) is 2.92. The molecular formula is C19H24N4O2S. The van der Waals surface area contributed by atoms with Crippen LogP contribution in [0.3, 0.4) is 0 Å². The average molecular weight is 372 g/mol. The van der Waals surface area contributed by atoms with E-state index in [1.807, 2.05) is 28.9 Å². The fraction of sp³-hybridized carbons (Fsp3) is 0.474. The van der Waals surface area contributed by atoms with Gasteiger partial charge in [-0.15, -0.1) is 11.3 Å². The number of aryl methyl sites for hydroxylation is 1. The Labute approximate surface area is 157 Å². The van der Waals surface area contributed by atoms with Crippen LogP contribution in [0.15, 0.2) is 30.9 Å². The molecule has 0 spiro atoms. The van der Waals surface area contributed by atoms with E-state index in [1.165, 1.54) is 6.33 Å². The first-order chi connectivity index (χ1) is 12.5. The Morgan fingerprint density at radius 3 is 2.65 bits per heavy atom. The summed E-state index contributed by atoms with van der Waals surface area (Å²) in [6.45, 7) is 5.55. The van der Waals surface area contributed by atoms with Crippen molar-refractivity contribution >= 4 is 23.2 Å². The summed E-state index contributed by atoms with van der Waals surface area (Å²) in [5, 5.41) is 0. The first-order valence-electron chi connectivity index (χ1n) is 8.91. The first kappa shape index (κ1) is 18.5. The molecular weight excluding hydrogens is 348 g/mol. The minimum atomic E-state index is 0.0486. The Balaban J connectivity index is 1.66. The van der Waals surface area contributed by atoms with Gasteiger partial charge in [0.1, 0.15) is 6.33 Å². The fourth-order valence-electron chi connectivity index (χ4n) is 3.40. The smallest absolute Gasteiger partial charge is 0.263 e. The molecule has 0 aromatic carbocycles. The van der Waals surface area contributed by atoms with E-state index < -0.39 is 0 Å². The van der Waals surface area contributed by atoms with Crippen LogP contribution in [0.1, 0.15) is 46.3 Å². The number of carbonyl (C=O) groups is 2. The molecule has 26 heavy (non-hydrogen) atoms. The highest BCUT2D eigenvalue weighted by Gasteiger charge is 2.27. The molecule has 1 atom stereocenters. The summed E-state index contributed by atoms with van der Waals surface area (Å²) < 4.78 is 0. The van der Waals surface area contributed by atoms with Crippen LogP contribution in [-0.4, -0.2) is 50.7 Å². The van der Waals surface area contributed by atoms with Crippen molar-refractivity contribution in [2.45, 2.75) is 45.7 Å². The lowest BCUT2D eigenvalue weighted by molar-refractivity contribution is -0.132. The van der Waals surface area contributed by atoms with Crippen LogP contribution >= 0.6 is 11.3 Å². The highest BCUT2D eigenvalue weighted by molar-refractivity contribution is 7.13. The van der Waals surface area contributed by atoms with Crippen LogP contribution in [0.4, 0.5) is 0 Å². The topological polar surface area (TPSA) is 66.4 Å². The Hall–Kier alpha value is -2.28. The van der Waals surface area contributed by atoms with Gasteiger partial charge in [-0.25, -0.2) is 9.97 Å². The molecule has 2 aromatic heterocycles. The molecule has 0 unspecified atom stereocenters. The summed E-state index contributed by atoms with van der Waals surface area (Å²) in [6, 6.07) is 4.02. The number of aromatic nitrogens is 2. The van der Waals surface area contributed by atoms with E-state index in [1.54, 1.807) is 30.7 Å². The van der Waals surface area contributed by atoms with Crippen molar-refractivity contribution in [3.8, 4) is 0 Å². The number of thiophene rings is 1. The molecule has 7 heteroatoms. The lowest BCUT2D eigenvalue weighted by atomic mass is 10.1. The van der Waals surface area contributed by atoms with Gasteiger partial charge in [0.25, 0.3) is 5.91 Å². The van der Waals surface area contributed by atoms with E-state index in [4.69, 9.17) is 0 Å². The lowest BCUT2D eigenvalue weighted by Crippen LogP contribution is -2.39. The third kappa shape index (κ3) is 4.46.